The standard InChI is InChI=1S/C30H39N3O7/c1-19-15-33(20(2)18-34)29(36)24-5-4-6-25(31-28(35)22-11-13-39-14-12-22)27(24)40-26(19)17-32(3)16-21-7-9-23(10-8-21)30(37)38/h4-10,19-20,22,26,34H,11-18H2,1-3H3,(H,31,35)(H,37,38)/t19-,20-,26-/m1/s1. The zero-order valence-electron chi connectivity index (χ0n) is 23.3. The van der Waals surface area contributed by atoms with Crippen molar-refractivity contribution >= 4 is 23.5 Å². The van der Waals surface area contributed by atoms with Crippen LogP contribution in [0.2, 0.25) is 0 Å². The van der Waals surface area contributed by atoms with Gasteiger partial charge in [-0.05, 0) is 56.6 Å². The summed E-state index contributed by atoms with van der Waals surface area (Å²) >= 11 is 0. The second-order valence-corrected chi connectivity index (χ2v) is 10.9. The molecule has 4 rings (SSSR count). The summed E-state index contributed by atoms with van der Waals surface area (Å²) in [5.74, 6) is -1.28. The third-order valence-corrected chi connectivity index (χ3v) is 7.69. The lowest BCUT2D eigenvalue weighted by molar-refractivity contribution is -0.122. The van der Waals surface area contributed by atoms with Crippen molar-refractivity contribution in [3.05, 3.63) is 59.2 Å². The van der Waals surface area contributed by atoms with E-state index in [9.17, 15) is 24.6 Å². The molecule has 2 aromatic rings. The van der Waals surface area contributed by atoms with Crippen LogP contribution in [0.5, 0.6) is 5.75 Å². The quantitative estimate of drug-likeness (QED) is 0.432. The summed E-state index contributed by atoms with van der Waals surface area (Å²) in [6, 6.07) is 11.5. The van der Waals surface area contributed by atoms with Gasteiger partial charge in [0.1, 0.15) is 6.10 Å². The summed E-state index contributed by atoms with van der Waals surface area (Å²) in [5, 5.41) is 22.1. The van der Waals surface area contributed by atoms with E-state index >= 15 is 0 Å². The van der Waals surface area contributed by atoms with E-state index in [0.29, 0.717) is 62.7 Å². The van der Waals surface area contributed by atoms with E-state index < -0.39 is 12.0 Å². The van der Waals surface area contributed by atoms with Gasteiger partial charge >= 0.3 is 5.97 Å². The molecule has 2 heterocycles. The number of aromatic carboxylic acids is 1. The minimum Gasteiger partial charge on any atom is -0.486 e. The predicted molar refractivity (Wildman–Crippen MR) is 150 cm³/mol. The molecule has 2 amide bonds. The normalized spacial score (nSPS) is 20.7. The van der Waals surface area contributed by atoms with E-state index in [1.807, 2.05) is 20.9 Å². The zero-order valence-corrected chi connectivity index (χ0v) is 23.3. The van der Waals surface area contributed by atoms with Crippen molar-refractivity contribution in [3.63, 3.8) is 0 Å². The lowest BCUT2D eigenvalue weighted by atomic mass is 9.98. The van der Waals surface area contributed by atoms with Crippen molar-refractivity contribution in [1.29, 1.82) is 0 Å². The molecule has 10 heteroatoms. The van der Waals surface area contributed by atoms with Crippen LogP contribution in [0.15, 0.2) is 42.5 Å². The third kappa shape index (κ3) is 6.99. The van der Waals surface area contributed by atoms with Crippen molar-refractivity contribution in [2.24, 2.45) is 11.8 Å². The van der Waals surface area contributed by atoms with Gasteiger partial charge in [0.2, 0.25) is 5.91 Å². The molecule has 3 N–H and O–H groups in total. The number of carboxylic acids is 1. The summed E-state index contributed by atoms with van der Waals surface area (Å²) in [5.41, 5.74) is 1.98. The maximum atomic E-state index is 13.7. The Bertz CT molecular complexity index is 1200. The first kappa shape index (κ1) is 29.5. The number of hydrogen-bond acceptors (Lipinski definition) is 7. The Balaban J connectivity index is 1.60. The summed E-state index contributed by atoms with van der Waals surface area (Å²) in [4.78, 5) is 41.7. The molecule has 0 spiro atoms. The number of ether oxygens (including phenoxy) is 2. The van der Waals surface area contributed by atoms with Gasteiger partial charge in [-0.3, -0.25) is 14.5 Å². The SMILES string of the molecule is C[C@@H]1CN([C@H](C)CO)C(=O)c2cccc(NC(=O)C3CCOCC3)c2O[C@@H]1CN(C)Cc1ccc(C(=O)O)cc1. The van der Waals surface area contributed by atoms with Crippen molar-refractivity contribution in [1.82, 2.24) is 9.80 Å². The molecule has 2 aliphatic rings. The summed E-state index contributed by atoms with van der Waals surface area (Å²) in [6.45, 7) is 6.20. The van der Waals surface area contributed by atoms with Crippen LogP contribution in [-0.4, -0.2) is 89.9 Å². The molecular formula is C30H39N3O7. The monoisotopic (exact) mass is 553 g/mol. The van der Waals surface area contributed by atoms with Crippen LogP contribution in [0.4, 0.5) is 5.69 Å². The van der Waals surface area contributed by atoms with Crippen molar-refractivity contribution in [3.8, 4) is 5.75 Å². The minimum atomic E-state index is -0.966. The number of carbonyl (C=O) groups excluding carboxylic acids is 2. The lowest BCUT2D eigenvalue weighted by Crippen LogP contribution is -2.49. The average Bonchev–Trinajstić information content (AvgIpc) is 2.95. The molecule has 0 radical (unpaired) electrons. The number of likely N-dealkylation sites (N-methyl/N-ethyl adjacent to an activating group) is 1. The van der Waals surface area contributed by atoms with Crippen molar-refractivity contribution < 1.29 is 34.1 Å². The summed E-state index contributed by atoms with van der Waals surface area (Å²) in [7, 11) is 1.96. The highest BCUT2D eigenvalue weighted by molar-refractivity contribution is 6.02. The molecule has 0 unspecified atom stereocenters. The van der Waals surface area contributed by atoms with Crippen LogP contribution < -0.4 is 10.1 Å². The Labute approximate surface area is 234 Å². The fraction of sp³-hybridized carbons (Fsp3) is 0.500. The van der Waals surface area contributed by atoms with Crippen LogP contribution in [-0.2, 0) is 16.1 Å². The zero-order chi connectivity index (χ0) is 28.8. The minimum absolute atomic E-state index is 0.0952. The fourth-order valence-corrected chi connectivity index (χ4v) is 5.19. The molecule has 0 aromatic heterocycles. The summed E-state index contributed by atoms with van der Waals surface area (Å²) < 4.78 is 12.0. The third-order valence-electron chi connectivity index (χ3n) is 7.69. The number of anilines is 1. The van der Waals surface area contributed by atoms with E-state index in [0.717, 1.165) is 5.56 Å². The molecule has 1 fully saturated rings. The summed E-state index contributed by atoms with van der Waals surface area (Å²) in [6.07, 6.45) is 0.936. The van der Waals surface area contributed by atoms with E-state index in [1.165, 1.54) is 0 Å². The van der Waals surface area contributed by atoms with Crippen molar-refractivity contribution in [2.45, 2.75) is 45.4 Å². The number of hydrogen-bond donors (Lipinski definition) is 3. The first-order valence-electron chi connectivity index (χ1n) is 13.8. The second kappa shape index (κ2) is 13.3. The van der Waals surface area contributed by atoms with E-state index in [1.54, 1.807) is 47.4 Å². The van der Waals surface area contributed by atoms with Crippen LogP contribution in [0.3, 0.4) is 0 Å². The molecule has 3 atom stereocenters. The van der Waals surface area contributed by atoms with Crippen molar-refractivity contribution in [2.75, 3.05) is 45.3 Å². The maximum absolute atomic E-state index is 13.7. The highest BCUT2D eigenvalue weighted by Gasteiger charge is 2.35. The van der Waals surface area contributed by atoms with Gasteiger partial charge in [-0.25, -0.2) is 4.79 Å². The number of carbonyl (C=O) groups is 3. The average molecular weight is 554 g/mol. The molecule has 2 aromatic carbocycles. The van der Waals surface area contributed by atoms with Crippen LogP contribution >= 0.6 is 0 Å². The molecule has 1 saturated heterocycles. The molecule has 40 heavy (non-hydrogen) atoms. The van der Waals surface area contributed by atoms with E-state index in [-0.39, 0.29) is 41.9 Å². The number of benzene rings is 2. The Morgan fingerprint density at radius 2 is 1.85 bits per heavy atom. The van der Waals surface area contributed by atoms with Gasteiger partial charge < -0.3 is 29.9 Å². The molecule has 0 aliphatic carbocycles. The fourth-order valence-electron chi connectivity index (χ4n) is 5.19. The Hall–Kier alpha value is -3.47. The second-order valence-electron chi connectivity index (χ2n) is 10.9. The van der Waals surface area contributed by atoms with Gasteiger partial charge in [0.25, 0.3) is 5.91 Å². The first-order valence-corrected chi connectivity index (χ1v) is 13.8. The largest absolute Gasteiger partial charge is 0.486 e. The number of carboxylic acid groups (broad SMARTS) is 1. The maximum Gasteiger partial charge on any atom is 0.335 e. The number of nitrogens with one attached hydrogen (secondary N) is 1. The van der Waals surface area contributed by atoms with Gasteiger partial charge in [0.05, 0.1) is 29.5 Å². The molecule has 0 bridgehead atoms. The van der Waals surface area contributed by atoms with Crippen LogP contribution in [0.1, 0.15) is 53.0 Å². The molecule has 10 nitrogen and oxygen atoms in total. The highest BCUT2D eigenvalue weighted by Crippen LogP contribution is 2.35. The van der Waals surface area contributed by atoms with Gasteiger partial charge in [-0.15, -0.1) is 0 Å². The predicted octanol–water partition coefficient (Wildman–Crippen LogP) is 3.10. The molecule has 216 valence electrons. The topological polar surface area (TPSA) is 129 Å². The van der Waals surface area contributed by atoms with Gasteiger partial charge in [0, 0.05) is 44.7 Å². The number of rotatable bonds is 9. The van der Waals surface area contributed by atoms with Crippen LogP contribution in [0.25, 0.3) is 0 Å². The van der Waals surface area contributed by atoms with Gasteiger partial charge in [0.15, 0.2) is 5.75 Å². The molecular weight excluding hydrogens is 514 g/mol. The first-order chi connectivity index (χ1) is 19.2. The number of fused-ring (bicyclic) bond motifs is 1. The number of amides is 2. The van der Waals surface area contributed by atoms with E-state index in [4.69, 9.17) is 9.47 Å². The Kier molecular flexibility index (Phi) is 9.78. The number of aliphatic hydroxyl groups is 1. The Morgan fingerprint density at radius 1 is 1.15 bits per heavy atom. The van der Waals surface area contributed by atoms with Gasteiger partial charge in [-0.1, -0.05) is 25.1 Å². The van der Waals surface area contributed by atoms with Gasteiger partial charge in [-0.2, -0.15) is 0 Å². The Morgan fingerprint density at radius 3 is 2.50 bits per heavy atom. The number of aliphatic hydroxyl groups excluding tert-OH is 1. The smallest absolute Gasteiger partial charge is 0.335 e. The molecule has 0 saturated carbocycles. The van der Waals surface area contributed by atoms with E-state index in [2.05, 4.69) is 10.2 Å². The lowest BCUT2D eigenvalue weighted by Gasteiger charge is -2.38. The number of nitrogens with zero attached hydrogens (tertiary/aromatic N) is 2. The van der Waals surface area contributed by atoms with Crippen LogP contribution in [0, 0.1) is 11.8 Å². The highest BCUT2D eigenvalue weighted by atomic mass is 16.5. The number of para-hydroxylation sites is 1. The molecule has 2 aliphatic heterocycles.